The summed E-state index contributed by atoms with van der Waals surface area (Å²) >= 11 is 0. The Balaban J connectivity index is 1.90. The van der Waals surface area contributed by atoms with Crippen LogP contribution in [-0.4, -0.2) is 17.2 Å². The molecular formula is C15H21FN2. The van der Waals surface area contributed by atoms with Gasteiger partial charge in [0.15, 0.2) is 0 Å². The first kappa shape index (κ1) is 13.1. The Labute approximate surface area is 108 Å². The van der Waals surface area contributed by atoms with Crippen LogP contribution in [0, 0.1) is 5.82 Å². The molecule has 18 heavy (non-hydrogen) atoms. The van der Waals surface area contributed by atoms with Gasteiger partial charge in [-0.25, -0.2) is 4.39 Å². The second-order valence-electron chi connectivity index (χ2n) is 5.00. The minimum absolute atomic E-state index is 0.132. The van der Waals surface area contributed by atoms with Crippen LogP contribution in [0.5, 0.6) is 0 Å². The number of aromatic nitrogens is 1. The van der Waals surface area contributed by atoms with Crippen molar-refractivity contribution in [2.75, 3.05) is 6.54 Å². The number of rotatable bonds is 6. The maximum Gasteiger partial charge on any atom is 0.132 e. The van der Waals surface area contributed by atoms with Crippen molar-refractivity contribution >= 4 is 10.9 Å². The van der Waals surface area contributed by atoms with Crippen molar-refractivity contribution in [1.29, 1.82) is 0 Å². The van der Waals surface area contributed by atoms with E-state index < -0.39 is 0 Å². The Kier molecular flexibility index (Phi) is 4.37. The van der Waals surface area contributed by atoms with Gasteiger partial charge in [0.1, 0.15) is 5.82 Å². The van der Waals surface area contributed by atoms with Crippen LogP contribution in [-0.2, 0) is 6.54 Å². The van der Waals surface area contributed by atoms with Gasteiger partial charge in [0.25, 0.3) is 0 Å². The Morgan fingerprint density at radius 1 is 1.22 bits per heavy atom. The quantitative estimate of drug-likeness (QED) is 0.773. The molecule has 0 bridgehead atoms. The monoisotopic (exact) mass is 248 g/mol. The fourth-order valence-corrected chi connectivity index (χ4v) is 2.18. The van der Waals surface area contributed by atoms with E-state index in [-0.39, 0.29) is 5.82 Å². The minimum Gasteiger partial charge on any atom is -0.347 e. The average molecular weight is 248 g/mol. The maximum absolute atomic E-state index is 13.5. The zero-order valence-electron chi connectivity index (χ0n) is 11.1. The van der Waals surface area contributed by atoms with Gasteiger partial charge >= 0.3 is 0 Å². The van der Waals surface area contributed by atoms with Gasteiger partial charge in [0.2, 0.25) is 0 Å². The predicted octanol–water partition coefficient (Wildman–Crippen LogP) is 3.56. The summed E-state index contributed by atoms with van der Waals surface area (Å²) in [6.07, 6.45) is 4.23. The van der Waals surface area contributed by atoms with Crippen LogP contribution >= 0.6 is 0 Å². The lowest BCUT2D eigenvalue weighted by Gasteiger charge is -2.08. The lowest BCUT2D eigenvalue weighted by Crippen LogP contribution is -2.23. The highest BCUT2D eigenvalue weighted by Crippen LogP contribution is 2.19. The van der Waals surface area contributed by atoms with E-state index in [1.165, 1.54) is 6.07 Å². The number of hydrogen-bond acceptors (Lipinski definition) is 1. The van der Waals surface area contributed by atoms with Crippen LogP contribution < -0.4 is 5.32 Å². The van der Waals surface area contributed by atoms with Gasteiger partial charge in [-0.1, -0.05) is 19.9 Å². The number of aryl methyl sites for hydroxylation is 1. The van der Waals surface area contributed by atoms with Crippen molar-refractivity contribution in [1.82, 2.24) is 9.88 Å². The van der Waals surface area contributed by atoms with Gasteiger partial charge in [0.05, 0.1) is 5.52 Å². The van der Waals surface area contributed by atoms with E-state index in [4.69, 9.17) is 0 Å². The summed E-state index contributed by atoms with van der Waals surface area (Å²) in [5.41, 5.74) is 0.992. The molecule has 1 aromatic heterocycles. The Hall–Kier alpha value is -1.35. The number of fused-ring (bicyclic) bond motifs is 1. The van der Waals surface area contributed by atoms with E-state index in [1.807, 2.05) is 18.3 Å². The van der Waals surface area contributed by atoms with E-state index in [9.17, 15) is 4.39 Å². The topological polar surface area (TPSA) is 17.0 Å². The van der Waals surface area contributed by atoms with Crippen molar-refractivity contribution in [2.24, 2.45) is 0 Å². The molecule has 0 unspecified atom stereocenters. The minimum atomic E-state index is -0.132. The molecule has 2 rings (SSSR count). The Bertz CT molecular complexity index is 502. The number of unbranched alkanes of at least 4 members (excludes halogenated alkanes) is 1. The Morgan fingerprint density at radius 3 is 2.83 bits per heavy atom. The summed E-state index contributed by atoms with van der Waals surface area (Å²) in [5, 5.41) is 4.12. The summed E-state index contributed by atoms with van der Waals surface area (Å²) in [6.45, 7) is 6.31. The van der Waals surface area contributed by atoms with E-state index in [0.717, 1.165) is 36.8 Å². The lowest BCUT2D eigenvalue weighted by atomic mass is 10.2. The molecule has 1 aromatic carbocycles. The van der Waals surface area contributed by atoms with Crippen LogP contribution in [0.25, 0.3) is 10.9 Å². The van der Waals surface area contributed by atoms with E-state index in [2.05, 4.69) is 23.7 Å². The largest absolute Gasteiger partial charge is 0.347 e. The molecule has 1 N–H and O–H groups in total. The molecular weight excluding hydrogens is 227 g/mol. The first-order chi connectivity index (χ1) is 8.68. The van der Waals surface area contributed by atoms with Crippen LogP contribution in [0.2, 0.25) is 0 Å². The third-order valence-electron chi connectivity index (χ3n) is 3.14. The first-order valence-corrected chi connectivity index (χ1v) is 6.65. The third-order valence-corrected chi connectivity index (χ3v) is 3.14. The normalized spacial score (nSPS) is 11.6. The molecule has 2 aromatic rings. The van der Waals surface area contributed by atoms with Gasteiger partial charge in [0, 0.05) is 24.2 Å². The number of nitrogens with one attached hydrogen (secondary N) is 1. The predicted molar refractivity (Wildman–Crippen MR) is 74.3 cm³/mol. The van der Waals surface area contributed by atoms with Gasteiger partial charge in [-0.05, 0) is 37.6 Å². The highest BCUT2D eigenvalue weighted by molar-refractivity contribution is 5.80. The number of nitrogens with zero attached hydrogens (tertiary/aromatic N) is 1. The van der Waals surface area contributed by atoms with E-state index in [1.54, 1.807) is 6.07 Å². The van der Waals surface area contributed by atoms with Gasteiger partial charge < -0.3 is 9.88 Å². The second kappa shape index (κ2) is 6.01. The molecule has 0 aliphatic rings. The summed E-state index contributed by atoms with van der Waals surface area (Å²) in [5.74, 6) is -0.132. The molecule has 3 heteroatoms. The van der Waals surface area contributed by atoms with Crippen LogP contribution in [0.4, 0.5) is 4.39 Å². The summed E-state index contributed by atoms with van der Waals surface area (Å²) < 4.78 is 15.6. The van der Waals surface area contributed by atoms with Crippen molar-refractivity contribution in [3.8, 4) is 0 Å². The fraction of sp³-hybridized carbons (Fsp3) is 0.467. The van der Waals surface area contributed by atoms with Crippen LogP contribution in [0.15, 0.2) is 30.5 Å². The van der Waals surface area contributed by atoms with Gasteiger partial charge in [-0.15, -0.1) is 0 Å². The number of halogens is 1. The zero-order valence-corrected chi connectivity index (χ0v) is 11.1. The van der Waals surface area contributed by atoms with E-state index >= 15 is 0 Å². The van der Waals surface area contributed by atoms with Crippen LogP contribution in [0.1, 0.15) is 26.7 Å². The Morgan fingerprint density at radius 2 is 2.06 bits per heavy atom. The molecule has 0 aliphatic carbocycles. The summed E-state index contributed by atoms with van der Waals surface area (Å²) in [6, 6.07) is 7.67. The molecule has 0 amide bonds. The molecule has 0 saturated carbocycles. The zero-order chi connectivity index (χ0) is 13.0. The highest BCUT2D eigenvalue weighted by Gasteiger charge is 2.04. The summed E-state index contributed by atoms with van der Waals surface area (Å²) in [4.78, 5) is 0. The molecule has 98 valence electrons. The van der Waals surface area contributed by atoms with Gasteiger partial charge in [-0.2, -0.15) is 0 Å². The molecule has 0 radical (unpaired) electrons. The first-order valence-electron chi connectivity index (χ1n) is 6.65. The fourth-order valence-electron chi connectivity index (χ4n) is 2.18. The molecule has 0 aliphatic heterocycles. The maximum atomic E-state index is 13.5. The van der Waals surface area contributed by atoms with Crippen molar-refractivity contribution in [2.45, 2.75) is 39.3 Å². The molecule has 0 atom stereocenters. The third kappa shape index (κ3) is 3.10. The number of benzene rings is 1. The standard InChI is InChI=1S/C15H21FN2/c1-12(2)17-9-3-4-10-18-11-8-13-14(16)6-5-7-15(13)18/h5-8,11-12,17H,3-4,9-10H2,1-2H3. The molecule has 0 saturated heterocycles. The lowest BCUT2D eigenvalue weighted by molar-refractivity contribution is 0.535. The van der Waals surface area contributed by atoms with Crippen molar-refractivity contribution in [3.63, 3.8) is 0 Å². The van der Waals surface area contributed by atoms with E-state index in [0.29, 0.717) is 6.04 Å². The molecule has 0 spiro atoms. The average Bonchev–Trinajstić information content (AvgIpc) is 2.73. The highest BCUT2D eigenvalue weighted by atomic mass is 19.1. The number of hydrogen-bond donors (Lipinski definition) is 1. The van der Waals surface area contributed by atoms with Crippen molar-refractivity contribution < 1.29 is 4.39 Å². The summed E-state index contributed by atoms with van der Waals surface area (Å²) in [7, 11) is 0. The second-order valence-corrected chi connectivity index (χ2v) is 5.00. The smallest absolute Gasteiger partial charge is 0.132 e. The molecule has 1 heterocycles. The van der Waals surface area contributed by atoms with Gasteiger partial charge in [-0.3, -0.25) is 0 Å². The van der Waals surface area contributed by atoms with Crippen molar-refractivity contribution in [3.05, 3.63) is 36.3 Å². The molecule has 2 nitrogen and oxygen atoms in total. The molecule has 0 fully saturated rings. The van der Waals surface area contributed by atoms with Crippen LogP contribution in [0.3, 0.4) is 0 Å². The SMILES string of the molecule is CC(C)NCCCCn1ccc2c(F)cccc21.